The minimum atomic E-state index is -3.68. The van der Waals surface area contributed by atoms with Gasteiger partial charge >= 0.3 is 0 Å². The molecular weight excluding hydrogens is 364 g/mol. The molecule has 0 spiro atoms. The molecule has 1 N–H and O–H groups in total. The molecular formula is C20H22N2O4S. The lowest BCUT2D eigenvalue weighted by Crippen LogP contribution is -2.31. The van der Waals surface area contributed by atoms with Gasteiger partial charge in [0, 0.05) is 12.1 Å². The number of carbonyl (C=O) groups is 2. The standard InChI is InChI=1S/C20H22N2O4S/c1-15-14-27(25,26)22(20(15)24)18-11-5-10-17(13-18)19(23)21-12-6-9-16-7-3-2-4-8-16/h2-5,7-8,10-11,13,15H,6,9,12,14H2,1H3,(H,21,23). The van der Waals surface area contributed by atoms with Crippen molar-refractivity contribution in [2.75, 3.05) is 16.6 Å². The van der Waals surface area contributed by atoms with Gasteiger partial charge in [-0.1, -0.05) is 43.3 Å². The van der Waals surface area contributed by atoms with Crippen molar-refractivity contribution >= 4 is 27.5 Å². The summed E-state index contributed by atoms with van der Waals surface area (Å²) >= 11 is 0. The molecule has 7 heteroatoms. The van der Waals surface area contributed by atoms with Crippen LogP contribution in [0, 0.1) is 5.92 Å². The molecule has 6 nitrogen and oxygen atoms in total. The predicted octanol–water partition coefficient (Wildman–Crippen LogP) is 2.36. The van der Waals surface area contributed by atoms with Crippen LogP contribution in [0.5, 0.6) is 0 Å². The van der Waals surface area contributed by atoms with E-state index < -0.39 is 21.8 Å². The fraction of sp³-hybridized carbons (Fsp3) is 0.300. The van der Waals surface area contributed by atoms with Gasteiger partial charge in [-0.15, -0.1) is 0 Å². The Bertz CT molecular complexity index is 941. The average Bonchev–Trinajstić information content (AvgIpc) is 2.86. The number of aryl methyl sites for hydroxylation is 1. The fourth-order valence-corrected chi connectivity index (χ4v) is 4.91. The SMILES string of the molecule is CC1CS(=O)(=O)N(c2cccc(C(=O)NCCCc3ccccc3)c2)C1=O. The van der Waals surface area contributed by atoms with E-state index in [0.29, 0.717) is 12.1 Å². The Morgan fingerprint density at radius 3 is 2.56 bits per heavy atom. The summed E-state index contributed by atoms with van der Waals surface area (Å²) in [5, 5.41) is 2.84. The van der Waals surface area contributed by atoms with Gasteiger partial charge in [0.05, 0.1) is 17.4 Å². The number of nitrogens with one attached hydrogen (secondary N) is 1. The van der Waals surface area contributed by atoms with Crippen LogP contribution in [0.4, 0.5) is 5.69 Å². The second-order valence-electron chi connectivity index (χ2n) is 6.68. The molecule has 27 heavy (non-hydrogen) atoms. The van der Waals surface area contributed by atoms with E-state index in [1.807, 2.05) is 30.3 Å². The van der Waals surface area contributed by atoms with Gasteiger partial charge in [-0.05, 0) is 36.6 Å². The van der Waals surface area contributed by atoms with Crippen LogP contribution in [0.15, 0.2) is 54.6 Å². The monoisotopic (exact) mass is 386 g/mol. The van der Waals surface area contributed by atoms with Crippen molar-refractivity contribution in [2.24, 2.45) is 5.92 Å². The first-order valence-electron chi connectivity index (χ1n) is 8.87. The number of anilines is 1. The van der Waals surface area contributed by atoms with Crippen LogP contribution in [-0.4, -0.2) is 32.5 Å². The highest BCUT2D eigenvalue weighted by atomic mass is 32.2. The molecule has 2 aromatic rings. The number of hydrogen-bond acceptors (Lipinski definition) is 4. The zero-order valence-corrected chi connectivity index (χ0v) is 15.9. The first-order chi connectivity index (χ1) is 12.9. The van der Waals surface area contributed by atoms with Crippen molar-refractivity contribution in [3.63, 3.8) is 0 Å². The highest BCUT2D eigenvalue weighted by Gasteiger charge is 2.42. The van der Waals surface area contributed by atoms with Gasteiger partial charge in [-0.25, -0.2) is 12.7 Å². The predicted molar refractivity (Wildman–Crippen MR) is 104 cm³/mol. The van der Waals surface area contributed by atoms with Gasteiger partial charge in [0.15, 0.2) is 0 Å². The van der Waals surface area contributed by atoms with Crippen LogP contribution in [-0.2, 0) is 21.2 Å². The quantitative estimate of drug-likeness (QED) is 0.773. The smallest absolute Gasteiger partial charge is 0.251 e. The van der Waals surface area contributed by atoms with Crippen LogP contribution < -0.4 is 9.62 Å². The van der Waals surface area contributed by atoms with Crippen molar-refractivity contribution in [3.8, 4) is 0 Å². The molecule has 1 heterocycles. The topological polar surface area (TPSA) is 83.6 Å². The number of rotatable bonds is 6. The Labute approximate surface area is 159 Å². The molecule has 1 aliphatic heterocycles. The molecule has 0 saturated carbocycles. The van der Waals surface area contributed by atoms with Gasteiger partial charge in [0.1, 0.15) is 0 Å². The first kappa shape index (κ1) is 19.1. The minimum Gasteiger partial charge on any atom is -0.352 e. The van der Waals surface area contributed by atoms with Crippen molar-refractivity contribution < 1.29 is 18.0 Å². The summed E-state index contributed by atoms with van der Waals surface area (Å²) in [6.07, 6.45) is 1.66. The molecule has 1 aliphatic rings. The molecule has 0 radical (unpaired) electrons. The molecule has 3 rings (SSSR count). The second kappa shape index (κ2) is 7.92. The fourth-order valence-electron chi connectivity index (χ4n) is 3.10. The first-order valence-corrected chi connectivity index (χ1v) is 10.5. The maximum Gasteiger partial charge on any atom is 0.251 e. The van der Waals surface area contributed by atoms with E-state index in [0.717, 1.165) is 17.1 Å². The summed E-state index contributed by atoms with van der Waals surface area (Å²) < 4.78 is 25.2. The van der Waals surface area contributed by atoms with Crippen LogP contribution in [0.2, 0.25) is 0 Å². The van der Waals surface area contributed by atoms with E-state index in [9.17, 15) is 18.0 Å². The van der Waals surface area contributed by atoms with Crippen molar-refractivity contribution in [2.45, 2.75) is 19.8 Å². The highest BCUT2D eigenvalue weighted by molar-refractivity contribution is 7.94. The second-order valence-corrected chi connectivity index (χ2v) is 8.54. The van der Waals surface area contributed by atoms with Crippen molar-refractivity contribution in [1.29, 1.82) is 0 Å². The van der Waals surface area contributed by atoms with Gasteiger partial charge in [-0.3, -0.25) is 9.59 Å². The normalized spacial score (nSPS) is 18.5. The van der Waals surface area contributed by atoms with E-state index in [1.54, 1.807) is 19.1 Å². The zero-order chi connectivity index (χ0) is 19.4. The Morgan fingerprint density at radius 1 is 1.15 bits per heavy atom. The molecule has 0 aromatic heterocycles. The maximum atomic E-state index is 12.4. The summed E-state index contributed by atoms with van der Waals surface area (Å²) in [7, 11) is -3.68. The highest BCUT2D eigenvalue weighted by Crippen LogP contribution is 2.28. The summed E-state index contributed by atoms with van der Waals surface area (Å²) in [5.74, 6) is -1.54. The maximum absolute atomic E-state index is 12.4. The molecule has 0 bridgehead atoms. The lowest BCUT2D eigenvalue weighted by Gasteiger charge is -2.16. The van der Waals surface area contributed by atoms with Crippen molar-refractivity contribution in [3.05, 3.63) is 65.7 Å². The summed E-state index contributed by atoms with van der Waals surface area (Å²) in [6.45, 7) is 2.10. The van der Waals surface area contributed by atoms with E-state index >= 15 is 0 Å². The van der Waals surface area contributed by atoms with Crippen LogP contribution >= 0.6 is 0 Å². The molecule has 142 valence electrons. The van der Waals surface area contributed by atoms with Crippen LogP contribution in [0.1, 0.15) is 29.3 Å². The van der Waals surface area contributed by atoms with Crippen LogP contribution in [0.25, 0.3) is 0 Å². The Kier molecular flexibility index (Phi) is 5.60. The van der Waals surface area contributed by atoms with Gasteiger partial charge in [0.2, 0.25) is 15.9 Å². The third kappa shape index (κ3) is 4.36. The summed E-state index contributed by atoms with van der Waals surface area (Å²) in [5.41, 5.74) is 1.75. The van der Waals surface area contributed by atoms with Gasteiger partial charge in [-0.2, -0.15) is 0 Å². The Morgan fingerprint density at radius 2 is 1.89 bits per heavy atom. The Balaban J connectivity index is 1.63. The number of benzene rings is 2. The van der Waals surface area contributed by atoms with E-state index in [1.165, 1.54) is 17.7 Å². The minimum absolute atomic E-state index is 0.207. The molecule has 1 unspecified atom stereocenters. The number of sulfonamides is 1. The van der Waals surface area contributed by atoms with Crippen molar-refractivity contribution in [1.82, 2.24) is 5.32 Å². The van der Waals surface area contributed by atoms with E-state index in [-0.39, 0.29) is 17.3 Å². The lowest BCUT2D eigenvalue weighted by atomic mass is 10.1. The lowest BCUT2D eigenvalue weighted by molar-refractivity contribution is -0.119. The van der Waals surface area contributed by atoms with Gasteiger partial charge in [0.25, 0.3) is 5.91 Å². The molecule has 1 fully saturated rings. The molecule has 1 saturated heterocycles. The largest absolute Gasteiger partial charge is 0.352 e. The number of carbonyl (C=O) groups excluding carboxylic acids is 2. The van der Waals surface area contributed by atoms with E-state index in [4.69, 9.17) is 0 Å². The third-order valence-corrected chi connectivity index (χ3v) is 6.34. The molecule has 1 atom stereocenters. The zero-order valence-electron chi connectivity index (χ0n) is 15.1. The van der Waals surface area contributed by atoms with E-state index in [2.05, 4.69) is 5.32 Å². The summed E-state index contributed by atoms with van der Waals surface area (Å²) in [6, 6.07) is 16.2. The number of hydrogen-bond donors (Lipinski definition) is 1. The molecule has 2 aromatic carbocycles. The number of amides is 2. The van der Waals surface area contributed by atoms with Crippen LogP contribution in [0.3, 0.4) is 0 Å². The molecule has 0 aliphatic carbocycles. The third-order valence-electron chi connectivity index (χ3n) is 4.47. The number of nitrogens with zero attached hydrogens (tertiary/aromatic N) is 1. The van der Waals surface area contributed by atoms with Gasteiger partial charge < -0.3 is 5.32 Å². The Hall–Kier alpha value is -2.67. The average molecular weight is 386 g/mol. The molecule has 2 amide bonds. The summed E-state index contributed by atoms with van der Waals surface area (Å²) in [4.78, 5) is 24.6.